The van der Waals surface area contributed by atoms with Crippen molar-refractivity contribution in [3.05, 3.63) is 34.4 Å². The highest BCUT2D eigenvalue weighted by atomic mass is 79.9. The van der Waals surface area contributed by atoms with Gasteiger partial charge < -0.3 is 15.8 Å². The summed E-state index contributed by atoms with van der Waals surface area (Å²) in [6.07, 6.45) is -4.60. The molecule has 0 saturated heterocycles. The number of ether oxygens (including phenoxy) is 1. The van der Waals surface area contributed by atoms with E-state index >= 15 is 0 Å². The molecule has 2 rings (SSSR count). The summed E-state index contributed by atoms with van der Waals surface area (Å²) in [5.41, 5.74) is 4.63. The lowest BCUT2D eigenvalue weighted by Crippen LogP contribution is -2.12. The highest BCUT2D eigenvalue weighted by Crippen LogP contribution is 2.33. The molecule has 0 amide bonds. The Labute approximate surface area is 126 Å². The lowest BCUT2D eigenvalue weighted by molar-refractivity contribution is -0.141. The number of nitrogens with two attached hydrogens (primary N) is 1. The molecular weight excluding hydrogens is 353 g/mol. The second kappa shape index (κ2) is 5.76. The summed E-state index contributed by atoms with van der Waals surface area (Å²) >= 11 is 3.27. The van der Waals surface area contributed by atoms with Crippen molar-refractivity contribution in [2.75, 3.05) is 18.2 Å². The van der Waals surface area contributed by atoms with E-state index in [4.69, 9.17) is 10.5 Å². The maximum absolute atomic E-state index is 12.7. The molecule has 9 heteroatoms. The number of aromatic nitrogens is 2. The van der Waals surface area contributed by atoms with Gasteiger partial charge in [-0.25, -0.2) is 4.98 Å². The smallest absolute Gasteiger partial charge is 0.433 e. The maximum atomic E-state index is 12.7. The van der Waals surface area contributed by atoms with Gasteiger partial charge in [0.1, 0.15) is 11.6 Å². The Balaban J connectivity index is 2.40. The zero-order valence-electron chi connectivity index (χ0n) is 10.7. The number of rotatable bonds is 3. The summed E-state index contributed by atoms with van der Waals surface area (Å²) in [5.74, 6) is -0.101. The number of alkyl halides is 3. The number of benzene rings is 1. The molecule has 0 spiro atoms. The highest BCUT2D eigenvalue weighted by Gasteiger charge is 2.33. The van der Waals surface area contributed by atoms with E-state index in [1.807, 2.05) is 0 Å². The van der Waals surface area contributed by atoms with Crippen molar-refractivity contribution in [3.8, 4) is 5.75 Å². The van der Waals surface area contributed by atoms with Crippen molar-refractivity contribution in [1.82, 2.24) is 9.97 Å². The standard InChI is InChI=1S/C12H10BrF3N4O/c1-21-8-3-2-6(13)4-7(8)18-10-5-9(12(14,15)16)19-11(17)20-10/h2-5H,1H3,(H3,17,18,19,20). The molecule has 2 aromatic rings. The number of anilines is 3. The molecule has 0 radical (unpaired) electrons. The predicted octanol–water partition coefficient (Wildman–Crippen LogP) is 3.59. The summed E-state index contributed by atoms with van der Waals surface area (Å²) < 4.78 is 43.9. The number of nitrogens with zero attached hydrogens (tertiary/aromatic N) is 2. The lowest BCUT2D eigenvalue weighted by Gasteiger charge is -2.13. The van der Waals surface area contributed by atoms with Crippen LogP contribution < -0.4 is 15.8 Å². The third-order valence-corrected chi connectivity index (χ3v) is 2.95. The van der Waals surface area contributed by atoms with Crippen molar-refractivity contribution < 1.29 is 17.9 Å². The highest BCUT2D eigenvalue weighted by molar-refractivity contribution is 9.10. The van der Waals surface area contributed by atoms with Crippen LogP contribution in [0.1, 0.15) is 5.69 Å². The zero-order chi connectivity index (χ0) is 15.6. The third-order valence-electron chi connectivity index (χ3n) is 2.46. The average molecular weight is 363 g/mol. The van der Waals surface area contributed by atoms with E-state index in [-0.39, 0.29) is 5.82 Å². The molecule has 0 saturated carbocycles. The number of methoxy groups -OCH3 is 1. The quantitative estimate of drug-likeness (QED) is 0.872. The minimum absolute atomic E-state index is 0.0776. The van der Waals surface area contributed by atoms with Crippen LogP contribution in [-0.2, 0) is 6.18 Å². The second-order valence-electron chi connectivity index (χ2n) is 3.96. The number of hydrogen-bond acceptors (Lipinski definition) is 5. The summed E-state index contributed by atoms with van der Waals surface area (Å²) in [5, 5.41) is 2.73. The predicted molar refractivity (Wildman–Crippen MR) is 75.4 cm³/mol. The third kappa shape index (κ3) is 3.75. The fourth-order valence-electron chi connectivity index (χ4n) is 1.59. The minimum atomic E-state index is -4.60. The molecule has 21 heavy (non-hydrogen) atoms. The van der Waals surface area contributed by atoms with Gasteiger partial charge >= 0.3 is 6.18 Å². The second-order valence-corrected chi connectivity index (χ2v) is 4.88. The van der Waals surface area contributed by atoms with Gasteiger partial charge in [0.25, 0.3) is 0 Å². The number of hydrogen-bond donors (Lipinski definition) is 2. The first-order chi connectivity index (χ1) is 9.79. The van der Waals surface area contributed by atoms with E-state index in [1.165, 1.54) is 7.11 Å². The Morgan fingerprint density at radius 3 is 2.57 bits per heavy atom. The van der Waals surface area contributed by atoms with Crippen molar-refractivity contribution >= 4 is 33.4 Å². The Morgan fingerprint density at radius 2 is 1.95 bits per heavy atom. The number of halogens is 4. The Kier molecular flexibility index (Phi) is 4.21. The van der Waals surface area contributed by atoms with Crippen molar-refractivity contribution in [2.45, 2.75) is 6.18 Å². The Hall–Kier alpha value is -2.03. The van der Waals surface area contributed by atoms with Crippen LogP contribution in [0.5, 0.6) is 5.75 Å². The maximum Gasteiger partial charge on any atom is 0.433 e. The fourth-order valence-corrected chi connectivity index (χ4v) is 1.95. The molecule has 3 N–H and O–H groups in total. The molecule has 1 aromatic carbocycles. The Morgan fingerprint density at radius 1 is 1.24 bits per heavy atom. The van der Waals surface area contributed by atoms with Gasteiger partial charge in [0.15, 0.2) is 5.69 Å². The number of nitrogen functional groups attached to an aromatic ring is 1. The Bertz CT molecular complexity index is 663. The van der Waals surface area contributed by atoms with E-state index in [1.54, 1.807) is 18.2 Å². The molecule has 0 unspecified atom stereocenters. The summed E-state index contributed by atoms with van der Waals surface area (Å²) in [7, 11) is 1.45. The molecule has 112 valence electrons. The van der Waals surface area contributed by atoms with Crippen LogP contribution in [0.15, 0.2) is 28.7 Å². The van der Waals surface area contributed by atoms with Gasteiger partial charge in [-0.15, -0.1) is 0 Å². The molecule has 5 nitrogen and oxygen atoms in total. The molecule has 0 aliphatic heterocycles. The summed E-state index contributed by atoms with van der Waals surface area (Å²) in [4.78, 5) is 6.90. The SMILES string of the molecule is COc1ccc(Br)cc1Nc1cc(C(F)(F)F)nc(N)n1. The topological polar surface area (TPSA) is 73.1 Å². The van der Waals surface area contributed by atoms with Crippen LogP contribution in [0, 0.1) is 0 Å². The molecule has 0 bridgehead atoms. The first-order valence-electron chi connectivity index (χ1n) is 5.62. The fraction of sp³-hybridized carbons (Fsp3) is 0.167. The van der Waals surface area contributed by atoms with Crippen LogP contribution in [0.25, 0.3) is 0 Å². The van der Waals surface area contributed by atoms with Gasteiger partial charge in [-0.1, -0.05) is 15.9 Å². The average Bonchev–Trinajstić information content (AvgIpc) is 2.37. The molecule has 1 aromatic heterocycles. The van der Waals surface area contributed by atoms with Gasteiger partial charge in [0.05, 0.1) is 12.8 Å². The summed E-state index contributed by atoms with van der Waals surface area (Å²) in [6.45, 7) is 0. The van der Waals surface area contributed by atoms with Crippen LogP contribution >= 0.6 is 15.9 Å². The van der Waals surface area contributed by atoms with E-state index < -0.39 is 17.8 Å². The normalized spacial score (nSPS) is 11.3. The van der Waals surface area contributed by atoms with Crippen LogP contribution in [0.4, 0.5) is 30.6 Å². The van der Waals surface area contributed by atoms with E-state index in [0.29, 0.717) is 11.4 Å². The molecule has 0 fully saturated rings. The minimum Gasteiger partial charge on any atom is -0.495 e. The van der Waals surface area contributed by atoms with Crippen molar-refractivity contribution in [1.29, 1.82) is 0 Å². The van der Waals surface area contributed by atoms with E-state index in [0.717, 1.165) is 10.5 Å². The first kappa shape index (κ1) is 15.4. The van der Waals surface area contributed by atoms with Crippen molar-refractivity contribution in [2.24, 2.45) is 0 Å². The lowest BCUT2D eigenvalue weighted by atomic mass is 10.3. The van der Waals surface area contributed by atoms with Gasteiger partial charge in [-0.3, -0.25) is 0 Å². The van der Waals surface area contributed by atoms with Gasteiger partial charge in [-0.05, 0) is 18.2 Å². The molecule has 0 aliphatic rings. The number of nitrogens with one attached hydrogen (secondary N) is 1. The van der Waals surface area contributed by atoms with E-state index in [9.17, 15) is 13.2 Å². The molecule has 0 aliphatic carbocycles. The van der Waals surface area contributed by atoms with Gasteiger partial charge in [0.2, 0.25) is 5.95 Å². The monoisotopic (exact) mass is 362 g/mol. The summed E-state index contributed by atoms with van der Waals surface area (Å²) in [6, 6.07) is 5.81. The zero-order valence-corrected chi connectivity index (χ0v) is 12.3. The van der Waals surface area contributed by atoms with Crippen LogP contribution in [0.3, 0.4) is 0 Å². The molecule has 1 heterocycles. The largest absolute Gasteiger partial charge is 0.495 e. The molecule has 0 atom stereocenters. The van der Waals surface area contributed by atoms with Crippen LogP contribution in [0.2, 0.25) is 0 Å². The van der Waals surface area contributed by atoms with Crippen molar-refractivity contribution in [3.63, 3.8) is 0 Å². The van der Waals surface area contributed by atoms with Crippen LogP contribution in [-0.4, -0.2) is 17.1 Å². The first-order valence-corrected chi connectivity index (χ1v) is 6.41. The van der Waals surface area contributed by atoms with Gasteiger partial charge in [0, 0.05) is 10.5 Å². The molecular formula is C12H10BrF3N4O. The van der Waals surface area contributed by atoms with E-state index in [2.05, 4.69) is 31.2 Å². The van der Waals surface area contributed by atoms with Gasteiger partial charge in [-0.2, -0.15) is 18.2 Å².